The van der Waals surface area contributed by atoms with Crippen molar-refractivity contribution in [1.82, 2.24) is 5.43 Å². The predicted octanol–water partition coefficient (Wildman–Crippen LogP) is 2.15. The Kier molecular flexibility index (Phi) is 3.65. The van der Waals surface area contributed by atoms with E-state index in [1.807, 2.05) is 12.1 Å². The SMILES string of the molecule is C/C(=N\NC(=O)c1ccc2c(c1)OCO2)c1cccc(N)c1. The number of hydrogen-bond donors (Lipinski definition) is 2. The number of ether oxygens (including phenoxy) is 2. The first-order valence-corrected chi connectivity index (χ1v) is 6.74. The van der Waals surface area contributed by atoms with Crippen molar-refractivity contribution in [2.24, 2.45) is 5.10 Å². The largest absolute Gasteiger partial charge is 0.454 e. The van der Waals surface area contributed by atoms with Gasteiger partial charge in [-0.05, 0) is 42.8 Å². The van der Waals surface area contributed by atoms with E-state index >= 15 is 0 Å². The lowest BCUT2D eigenvalue weighted by molar-refractivity contribution is 0.0954. The number of anilines is 1. The molecule has 2 aromatic rings. The van der Waals surface area contributed by atoms with Gasteiger partial charge in [-0.25, -0.2) is 5.43 Å². The van der Waals surface area contributed by atoms with Gasteiger partial charge in [0.25, 0.3) is 5.91 Å². The molecule has 1 aliphatic heterocycles. The fraction of sp³-hybridized carbons (Fsp3) is 0.125. The smallest absolute Gasteiger partial charge is 0.271 e. The Hall–Kier alpha value is -3.02. The van der Waals surface area contributed by atoms with E-state index in [0.717, 1.165) is 5.56 Å². The average molecular weight is 297 g/mol. The summed E-state index contributed by atoms with van der Waals surface area (Å²) in [7, 11) is 0. The van der Waals surface area contributed by atoms with Gasteiger partial charge in [-0.15, -0.1) is 0 Å². The van der Waals surface area contributed by atoms with Crippen LogP contribution in [0.3, 0.4) is 0 Å². The first-order chi connectivity index (χ1) is 10.6. The maximum atomic E-state index is 12.1. The number of benzene rings is 2. The molecule has 3 rings (SSSR count). The molecule has 6 nitrogen and oxygen atoms in total. The molecule has 6 heteroatoms. The van der Waals surface area contributed by atoms with Crippen LogP contribution in [0.1, 0.15) is 22.8 Å². The summed E-state index contributed by atoms with van der Waals surface area (Å²) in [6.07, 6.45) is 0. The molecule has 0 saturated carbocycles. The summed E-state index contributed by atoms with van der Waals surface area (Å²) in [5.41, 5.74) is 10.9. The predicted molar refractivity (Wildman–Crippen MR) is 83.1 cm³/mol. The van der Waals surface area contributed by atoms with Gasteiger partial charge in [-0.3, -0.25) is 4.79 Å². The molecule has 0 atom stereocenters. The Morgan fingerprint density at radius 2 is 1.95 bits per heavy atom. The lowest BCUT2D eigenvalue weighted by Gasteiger charge is -2.04. The number of rotatable bonds is 3. The van der Waals surface area contributed by atoms with Crippen molar-refractivity contribution < 1.29 is 14.3 Å². The van der Waals surface area contributed by atoms with Crippen molar-refractivity contribution in [1.29, 1.82) is 0 Å². The number of amides is 1. The molecule has 112 valence electrons. The number of hydrazone groups is 1. The molecule has 2 aromatic carbocycles. The first kappa shape index (κ1) is 13.9. The number of nitrogen functional groups attached to an aromatic ring is 1. The molecular weight excluding hydrogens is 282 g/mol. The van der Waals surface area contributed by atoms with Gasteiger partial charge in [0, 0.05) is 11.3 Å². The second kappa shape index (κ2) is 5.77. The van der Waals surface area contributed by atoms with Gasteiger partial charge in [-0.1, -0.05) is 12.1 Å². The van der Waals surface area contributed by atoms with Gasteiger partial charge in [-0.2, -0.15) is 5.10 Å². The Morgan fingerprint density at radius 3 is 2.77 bits per heavy atom. The lowest BCUT2D eigenvalue weighted by atomic mass is 10.1. The average Bonchev–Trinajstić information content (AvgIpc) is 2.99. The molecule has 0 aliphatic carbocycles. The Morgan fingerprint density at radius 1 is 1.14 bits per heavy atom. The molecule has 0 aromatic heterocycles. The summed E-state index contributed by atoms with van der Waals surface area (Å²) < 4.78 is 10.5. The highest BCUT2D eigenvalue weighted by molar-refractivity contribution is 6.01. The standard InChI is InChI=1S/C16H15N3O3/c1-10(11-3-2-4-13(17)7-11)18-19-16(20)12-5-6-14-15(8-12)22-9-21-14/h2-8H,9,17H2,1H3,(H,19,20)/b18-10+. The van der Waals surface area contributed by atoms with Crippen LogP contribution in [0.15, 0.2) is 47.6 Å². The highest BCUT2D eigenvalue weighted by Gasteiger charge is 2.16. The zero-order valence-corrected chi connectivity index (χ0v) is 12.0. The highest BCUT2D eigenvalue weighted by atomic mass is 16.7. The minimum Gasteiger partial charge on any atom is -0.454 e. The fourth-order valence-electron chi connectivity index (χ4n) is 2.07. The third-order valence-corrected chi connectivity index (χ3v) is 3.26. The normalized spacial score (nSPS) is 13.0. The molecule has 0 spiro atoms. The minimum atomic E-state index is -0.318. The summed E-state index contributed by atoms with van der Waals surface area (Å²) in [4.78, 5) is 12.1. The second-order valence-electron chi connectivity index (χ2n) is 4.83. The number of nitrogens with zero attached hydrogens (tertiary/aromatic N) is 1. The summed E-state index contributed by atoms with van der Waals surface area (Å²) in [5.74, 6) is 0.877. The van der Waals surface area contributed by atoms with Crippen LogP contribution in [0.25, 0.3) is 0 Å². The van der Waals surface area contributed by atoms with Crippen molar-refractivity contribution in [3.8, 4) is 11.5 Å². The quantitative estimate of drug-likeness (QED) is 0.516. The van der Waals surface area contributed by atoms with Gasteiger partial charge in [0.2, 0.25) is 6.79 Å². The summed E-state index contributed by atoms with van der Waals surface area (Å²) in [6, 6.07) is 12.3. The van der Waals surface area contributed by atoms with E-state index in [2.05, 4.69) is 10.5 Å². The molecule has 3 N–H and O–H groups in total. The third kappa shape index (κ3) is 2.85. The van der Waals surface area contributed by atoms with Crippen LogP contribution in [0.2, 0.25) is 0 Å². The second-order valence-corrected chi connectivity index (χ2v) is 4.83. The van der Waals surface area contributed by atoms with Crippen LogP contribution < -0.4 is 20.6 Å². The zero-order valence-electron chi connectivity index (χ0n) is 12.0. The zero-order chi connectivity index (χ0) is 15.5. The number of carbonyl (C=O) groups excluding carboxylic acids is 1. The van der Waals surface area contributed by atoms with Crippen molar-refractivity contribution >= 4 is 17.3 Å². The molecule has 1 aliphatic rings. The lowest BCUT2D eigenvalue weighted by Crippen LogP contribution is -2.19. The molecule has 0 saturated heterocycles. The maximum Gasteiger partial charge on any atom is 0.271 e. The molecule has 0 radical (unpaired) electrons. The third-order valence-electron chi connectivity index (χ3n) is 3.26. The van der Waals surface area contributed by atoms with Gasteiger partial charge < -0.3 is 15.2 Å². The van der Waals surface area contributed by atoms with Gasteiger partial charge in [0.1, 0.15) is 0 Å². The Balaban J connectivity index is 1.73. The van der Waals surface area contributed by atoms with Crippen LogP contribution in [0, 0.1) is 0 Å². The number of carbonyl (C=O) groups is 1. The number of hydrogen-bond acceptors (Lipinski definition) is 5. The van der Waals surface area contributed by atoms with E-state index in [4.69, 9.17) is 15.2 Å². The van der Waals surface area contributed by atoms with E-state index in [-0.39, 0.29) is 12.7 Å². The van der Waals surface area contributed by atoms with Crippen molar-refractivity contribution in [3.63, 3.8) is 0 Å². The first-order valence-electron chi connectivity index (χ1n) is 6.74. The summed E-state index contributed by atoms with van der Waals surface area (Å²) >= 11 is 0. The van der Waals surface area contributed by atoms with Crippen LogP contribution in [0.4, 0.5) is 5.69 Å². The van der Waals surface area contributed by atoms with Crippen molar-refractivity contribution in [3.05, 3.63) is 53.6 Å². The van der Waals surface area contributed by atoms with Gasteiger partial charge >= 0.3 is 0 Å². The Labute approximate surface area is 127 Å². The summed E-state index contributed by atoms with van der Waals surface area (Å²) in [5, 5.41) is 4.09. The monoisotopic (exact) mass is 297 g/mol. The van der Waals surface area contributed by atoms with E-state index < -0.39 is 0 Å². The van der Waals surface area contributed by atoms with E-state index in [1.54, 1.807) is 37.3 Å². The van der Waals surface area contributed by atoms with E-state index in [1.165, 1.54) is 0 Å². The molecular formula is C16H15N3O3. The van der Waals surface area contributed by atoms with E-state index in [9.17, 15) is 4.79 Å². The van der Waals surface area contributed by atoms with Gasteiger partial charge in [0.05, 0.1) is 5.71 Å². The van der Waals surface area contributed by atoms with Crippen molar-refractivity contribution in [2.75, 3.05) is 12.5 Å². The molecule has 0 bridgehead atoms. The van der Waals surface area contributed by atoms with Crippen LogP contribution >= 0.6 is 0 Å². The van der Waals surface area contributed by atoms with Crippen LogP contribution in [-0.2, 0) is 0 Å². The fourth-order valence-corrected chi connectivity index (χ4v) is 2.07. The molecule has 0 fully saturated rings. The van der Waals surface area contributed by atoms with E-state index in [0.29, 0.717) is 28.5 Å². The highest BCUT2D eigenvalue weighted by Crippen LogP contribution is 2.32. The topological polar surface area (TPSA) is 85.9 Å². The minimum absolute atomic E-state index is 0.174. The molecule has 1 amide bonds. The molecule has 0 unspecified atom stereocenters. The Bertz CT molecular complexity index is 756. The molecule has 1 heterocycles. The number of nitrogens with one attached hydrogen (secondary N) is 1. The molecule has 22 heavy (non-hydrogen) atoms. The van der Waals surface area contributed by atoms with Crippen molar-refractivity contribution in [2.45, 2.75) is 6.92 Å². The van der Waals surface area contributed by atoms with Crippen LogP contribution in [-0.4, -0.2) is 18.4 Å². The maximum absolute atomic E-state index is 12.1. The summed E-state index contributed by atoms with van der Waals surface area (Å²) in [6.45, 7) is 1.97. The van der Waals surface area contributed by atoms with Gasteiger partial charge in [0.15, 0.2) is 11.5 Å². The number of fused-ring (bicyclic) bond motifs is 1. The van der Waals surface area contributed by atoms with Crippen LogP contribution in [0.5, 0.6) is 11.5 Å². The number of nitrogens with two attached hydrogens (primary N) is 1.